The molecule has 1 N–H and O–H groups in total. The van der Waals surface area contributed by atoms with Gasteiger partial charge in [-0.25, -0.2) is 0 Å². The smallest absolute Gasteiger partial charge is 0.109 e. The number of rotatable bonds is 3. The summed E-state index contributed by atoms with van der Waals surface area (Å²) in [6.45, 7) is 0.146. The number of nitrogens with zero attached hydrogens (tertiary/aromatic N) is 1. The molecule has 0 saturated heterocycles. The molecule has 1 unspecified atom stereocenters. The summed E-state index contributed by atoms with van der Waals surface area (Å²) in [5, 5.41) is 17.5. The molecule has 0 fully saturated rings. The van der Waals surface area contributed by atoms with Crippen LogP contribution < -0.4 is 0 Å². The Balaban J connectivity index is 2.71. The predicted octanol–water partition coefficient (Wildman–Crippen LogP) is 1.20. The van der Waals surface area contributed by atoms with Crippen LogP contribution in [0.2, 0.25) is 0 Å². The maximum absolute atomic E-state index is 8.80. The normalized spacial score (nSPS) is 22.6. The molecule has 1 aliphatic rings. The van der Waals surface area contributed by atoms with E-state index in [0.29, 0.717) is 6.42 Å². The minimum Gasteiger partial charge on any atom is -0.500 e. The summed E-state index contributed by atoms with van der Waals surface area (Å²) in [4.78, 5) is 0. The number of hydrogen-bond donors (Lipinski definition) is 1. The molecule has 0 aromatic heterocycles. The zero-order valence-electron chi connectivity index (χ0n) is 7.21. The van der Waals surface area contributed by atoms with E-state index in [9.17, 15) is 0 Å². The molecule has 1 rings (SSSR count). The van der Waals surface area contributed by atoms with E-state index >= 15 is 0 Å². The summed E-state index contributed by atoms with van der Waals surface area (Å²) in [5.41, 5.74) is 0.728. The van der Waals surface area contributed by atoms with Crippen LogP contribution in [0.25, 0.3) is 0 Å². The van der Waals surface area contributed by atoms with Gasteiger partial charge in [-0.1, -0.05) is 0 Å². The Bertz CT molecular complexity index is 227. The van der Waals surface area contributed by atoms with Crippen LogP contribution in [0.15, 0.2) is 11.3 Å². The van der Waals surface area contributed by atoms with Gasteiger partial charge in [-0.2, -0.15) is 5.26 Å². The van der Waals surface area contributed by atoms with Gasteiger partial charge < -0.3 is 9.84 Å². The van der Waals surface area contributed by atoms with Gasteiger partial charge >= 0.3 is 0 Å². The Hall–Kier alpha value is -1.01. The third-order valence-electron chi connectivity index (χ3n) is 2.27. The van der Waals surface area contributed by atoms with E-state index in [1.54, 1.807) is 7.11 Å². The van der Waals surface area contributed by atoms with Crippen molar-refractivity contribution in [1.29, 1.82) is 5.26 Å². The Kier molecular flexibility index (Phi) is 3.12. The monoisotopic (exact) mass is 167 g/mol. The molecule has 3 heteroatoms. The number of allylic oxidation sites excluding steroid dienone is 2. The number of ether oxygens (including phenoxy) is 1. The lowest BCUT2D eigenvalue weighted by Crippen LogP contribution is -2.01. The molecule has 0 aliphatic heterocycles. The molecule has 1 aliphatic carbocycles. The van der Waals surface area contributed by atoms with E-state index < -0.39 is 0 Å². The lowest BCUT2D eigenvalue weighted by atomic mass is 9.99. The molecule has 0 heterocycles. The first-order valence-corrected chi connectivity index (χ1v) is 4.11. The topological polar surface area (TPSA) is 53.2 Å². The van der Waals surface area contributed by atoms with Crippen molar-refractivity contribution in [3.8, 4) is 6.07 Å². The highest BCUT2D eigenvalue weighted by atomic mass is 16.5. The van der Waals surface area contributed by atoms with E-state index in [2.05, 4.69) is 6.07 Å². The average Bonchev–Trinajstić information content (AvgIpc) is 2.47. The molecule has 66 valence electrons. The lowest BCUT2D eigenvalue weighted by Gasteiger charge is -2.05. The Morgan fingerprint density at radius 2 is 2.50 bits per heavy atom. The largest absolute Gasteiger partial charge is 0.500 e. The van der Waals surface area contributed by atoms with Crippen molar-refractivity contribution in [1.82, 2.24) is 0 Å². The second kappa shape index (κ2) is 4.13. The van der Waals surface area contributed by atoms with Crippen LogP contribution in [0, 0.1) is 17.2 Å². The van der Waals surface area contributed by atoms with Crippen molar-refractivity contribution in [2.24, 2.45) is 5.92 Å². The van der Waals surface area contributed by atoms with Gasteiger partial charge in [0.15, 0.2) is 0 Å². The highest BCUT2D eigenvalue weighted by Crippen LogP contribution is 2.33. The second-order valence-corrected chi connectivity index (χ2v) is 2.90. The van der Waals surface area contributed by atoms with Gasteiger partial charge in [0.05, 0.1) is 18.8 Å². The quantitative estimate of drug-likeness (QED) is 0.687. The Labute approximate surface area is 72.3 Å². The highest BCUT2D eigenvalue weighted by Gasteiger charge is 2.25. The average molecular weight is 167 g/mol. The van der Waals surface area contributed by atoms with Gasteiger partial charge in [-0.05, 0) is 18.8 Å². The fourth-order valence-corrected chi connectivity index (χ4v) is 1.62. The van der Waals surface area contributed by atoms with Crippen molar-refractivity contribution in [3.05, 3.63) is 11.3 Å². The van der Waals surface area contributed by atoms with Crippen molar-refractivity contribution >= 4 is 0 Å². The molecule has 12 heavy (non-hydrogen) atoms. The first-order valence-electron chi connectivity index (χ1n) is 4.11. The minimum absolute atomic E-state index is 0.146. The summed E-state index contributed by atoms with van der Waals surface area (Å²) < 4.78 is 5.07. The Morgan fingerprint density at radius 3 is 3.00 bits per heavy atom. The van der Waals surface area contributed by atoms with E-state index in [1.807, 2.05) is 0 Å². The summed E-state index contributed by atoms with van der Waals surface area (Å²) in [6, 6.07) is 2.14. The lowest BCUT2D eigenvalue weighted by molar-refractivity contribution is 0.267. The molecule has 0 spiro atoms. The van der Waals surface area contributed by atoms with E-state index in [-0.39, 0.29) is 12.5 Å². The number of aliphatic hydroxyl groups excluding tert-OH is 1. The third kappa shape index (κ3) is 1.59. The summed E-state index contributed by atoms with van der Waals surface area (Å²) in [7, 11) is 1.59. The molecule has 0 radical (unpaired) electrons. The maximum atomic E-state index is 8.80. The molecular formula is C9H13NO2. The SMILES string of the molecule is COC1=C(C#N)C(CCO)CC1. The Morgan fingerprint density at radius 1 is 1.75 bits per heavy atom. The van der Waals surface area contributed by atoms with Crippen LogP contribution in [0.1, 0.15) is 19.3 Å². The minimum atomic E-state index is 0.146. The van der Waals surface area contributed by atoms with Crippen molar-refractivity contribution in [2.75, 3.05) is 13.7 Å². The number of aliphatic hydroxyl groups is 1. The maximum Gasteiger partial charge on any atom is 0.109 e. The predicted molar refractivity (Wildman–Crippen MR) is 44.1 cm³/mol. The molecule has 0 aromatic carbocycles. The van der Waals surface area contributed by atoms with E-state index in [0.717, 1.165) is 24.2 Å². The van der Waals surface area contributed by atoms with Crippen LogP contribution in [0.4, 0.5) is 0 Å². The van der Waals surface area contributed by atoms with Crippen LogP contribution in [0.5, 0.6) is 0 Å². The molecule has 0 saturated carbocycles. The van der Waals surface area contributed by atoms with Gasteiger partial charge in [0.1, 0.15) is 5.76 Å². The molecule has 0 bridgehead atoms. The molecular weight excluding hydrogens is 154 g/mol. The zero-order valence-corrected chi connectivity index (χ0v) is 7.21. The van der Waals surface area contributed by atoms with Gasteiger partial charge in [0.25, 0.3) is 0 Å². The number of methoxy groups -OCH3 is 1. The van der Waals surface area contributed by atoms with Crippen molar-refractivity contribution < 1.29 is 9.84 Å². The summed E-state index contributed by atoms with van der Waals surface area (Å²) >= 11 is 0. The standard InChI is InChI=1S/C9H13NO2/c1-12-9-3-2-7(4-5-11)8(9)6-10/h7,11H,2-5H2,1H3. The molecule has 3 nitrogen and oxygen atoms in total. The van der Waals surface area contributed by atoms with Gasteiger partial charge in [-0.15, -0.1) is 0 Å². The third-order valence-corrected chi connectivity index (χ3v) is 2.27. The van der Waals surface area contributed by atoms with Crippen LogP contribution in [-0.4, -0.2) is 18.8 Å². The van der Waals surface area contributed by atoms with Gasteiger partial charge in [0, 0.05) is 13.0 Å². The van der Waals surface area contributed by atoms with Crippen LogP contribution in [0.3, 0.4) is 0 Å². The second-order valence-electron chi connectivity index (χ2n) is 2.90. The highest BCUT2D eigenvalue weighted by molar-refractivity contribution is 5.31. The van der Waals surface area contributed by atoms with Gasteiger partial charge in [-0.3, -0.25) is 0 Å². The fraction of sp³-hybridized carbons (Fsp3) is 0.667. The first kappa shape index (κ1) is 9.08. The van der Waals surface area contributed by atoms with Crippen LogP contribution in [-0.2, 0) is 4.74 Å². The van der Waals surface area contributed by atoms with Gasteiger partial charge in [0.2, 0.25) is 0 Å². The molecule has 1 atom stereocenters. The zero-order chi connectivity index (χ0) is 8.97. The number of nitriles is 1. The fourth-order valence-electron chi connectivity index (χ4n) is 1.62. The van der Waals surface area contributed by atoms with Crippen molar-refractivity contribution in [3.63, 3.8) is 0 Å². The first-order chi connectivity index (χ1) is 5.83. The summed E-state index contributed by atoms with van der Waals surface area (Å²) in [5.74, 6) is 1.02. The van der Waals surface area contributed by atoms with E-state index in [4.69, 9.17) is 15.1 Å². The van der Waals surface area contributed by atoms with Crippen molar-refractivity contribution in [2.45, 2.75) is 19.3 Å². The number of hydrogen-bond acceptors (Lipinski definition) is 3. The summed E-state index contributed by atoms with van der Waals surface area (Å²) in [6.07, 6.45) is 2.45. The molecule has 0 aromatic rings. The molecule has 0 amide bonds. The van der Waals surface area contributed by atoms with E-state index in [1.165, 1.54) is 0 Å². The van der Waals surface area contributed by atoms with Crippen LogP contribution >= 0.6 is 0 Å².